The predicted octanol–water partition coefficient (Wildman–Crippen LogP) is 8.44. The first-order valence-corrected chi connectivity index (χ1v) is 14.9. The molecule has 0 spiro atoms. The van der Waals surface area contributed by atoms with Crippen LogP contribution in [0.2, 0.25) is 0 Å². The van der Waals surface area contributed by atoms with Gasteiger partial charge in [-0.2, -0.15) is 34.6 Å². The number of aryl methyl sites for hydroxylation is 1. The smallest absolute Gasteiger partial charge is 0.217 e. The monoisotopic (exact) mass is 767 g/mol. The van der Waals surface area contributed by atoms with Gasteiger partial charge in [-0.1, -0.05) is 61.0 Å². The van der Waals surface area contributed by atoms with Crippen LogP contribution in [0.5, 0.6) is 0 Å². The zero-order valence-corrected chi connectivity index (χ0v) is 27.2. The van der Waals surface area contributed by atoms with Gasteiger partial charge in [0.1, 0.15) is 11.8 Å². The number of para-hydroxylation sites is 1. The predicted molar refractivity (Wildman–Crippen MR) is 171 cm³/mol. The van der Waals surface area contributed by atoms with Crippen LogP contribution in [0.4, 0.5) is 0 Å². The summed E-state index contributed by atoms with van der Waals surface area (Å²) in [5.74, 6) is 1.59. The molecule has 0 atom stereocenters. The Morgan fingerprint density at radius 1 is 0.956 bits per heavy atom. The summed E-state index contributed by atoms with van der Waals surface area (Å²) in [6.07, 6.45) is 14.5. The molecule has 7 aromatic rings. The summed E-state index contributed by atoms with van der Waals surface area (Å²) >= 11 is 0. The number of rotatable bonds is 4. The summed E-state index contributed by atoms with van der Waals surface area (Å²) in [7, 11) is 1.93. The molecule has 7 nitrogen and oxygen atoms in total. The first-order chi connectivity index (χ1) is 21.7. The molecule has 8 rings (SSSR count). The topological polar surface area (TPSA) is 85.5 Å². The maximum atomic E-state index is 8.90. The van der Waals surface area contributed by atoms with E-state index in [9.17, 15) is 0 Å². The van der Waals surface area contributed by atoms with E-state index in [2.05, 4.69) is 57.7 Å². The third kappa shape index (κ3) is 6.37. The Bertz CT molecular complexity index is 2080. The standard InChI is InChI=1S/C21H21N2.C16H9N4O.Ir/c1-3-7-17(8-4-1)18-11-13-19(14-12-18)20-15-22-23(16-20)21-9-5-2-6-10-21;1-20-7-6-18-15(20)10-2-4-12-13-5-3-11(9-17)19-16(13)21-14(12)8-10;/h2,5-6,9,11-17H,1,3-4,7-8H2;3-8H,1H3;/q2*-1;. The van der Waals surface area contributed by atoms with Crippen LogP contribution in [-0.2, 0) is 27.2 Å². The Labute approximate surface area is 275 Å². The molecule has 1 saturated carbocycles. The molecule has 1 radical (unpaired) electrons. The molecule has 0 unspecified atom stereocenters. The van der Waals surface area contributed by atoms with Crippen LogP contribution in [0.25, 0.3) is 50.3 Å². The van der Waals surface area contributed by atoms with E-state index in [1.165, 1.54) is 43.2 Å². The molecule has 1 aliphatic carbocycles. The van der Waals surface area contributed by atoms with E-state index in [1.807, 2.05) is 77.2 Å². The summed E-state index contributed by atoms with van der Waals surface area (Å²) in [6.45, 7) is 0. The van der Waals surface area contributed by atoms with Gasteiger partial charge in [0, 0.05) is 56.7 Å². The molecule has 0 saturated heterocycles. The quantitative estimate of drug-likeness (QED) is 0.168. The van der Waals surface area contributed by atoms with Crippen LogP contribution >= 0.6 is 0 Å². The zero-order valence-electron chi connectivity index (χ0n) is 24.8. The van der Waals surface area contributed by atoms with Gasteiger partial charge in [0.15, 0.2) is 0 Å². The van der Waals surface area contributed by atoms with Crippen molar-refractivity contribution in [3.63, 3.8) is 0 Å². The van der Waals surface area contributed by atoms with E-state index >= 15 is 0 Å². The molecule has 1 aliphatic rings. The molecule has 0 amide bonds. The van der Waals surface area contributed by atoms with Crippen LogP contribution in [0.1, 0.15) is 49.3 Å². The first-order valence-electron chi connectivity index (χ1n) is 14.9. The van der Waals surface area contributed by atoms with Crippen molar-refractivity contribution < 1.29 is 24.5 Å². The SMILES string of the molecule is Cn1ccnc1-c1[c-]cc2c(c1)oc1nc(C#N)ccc12.[Ir].[c-]1ccccc1-n1cc(-c2ccc(C3CCCCC3)cc2)cn1. The molecule has 4 aromatic heterocycles. The first kappa shape index (κ1) is 30.2. The molecule has 8 heteroatoms. The molecule has 45 heavy (non-hydrogen) atoms. The van der Waals surface area contributed by atoms with Gasteiger partial charge >= 0.3 is 0 Å². The van der Waals surface area contributed by atoms with Crippen molar-refractivity contribution in [2.75, 3.05) is 0 Å². The van der Waals surface area contributed by atoms with E-state index in [0.717, 1.165) is 39.3 Å². The number of fused-ring (bicyclic) bond motifs is 3. The summed E-state index contributed by atoms with van der Waals surface area (Å²) in [5.41, 5.74) is 7.22. The van der Waals surface area contributed by atoms with Crippen LogP contribution in [-0.4, -0.2) is 24.3 Å². The maximum Gasteiger partial charge on any atom is 0.217 e. The van der Waals surface area contributed by atoms with E-state index < -0.39 is 0 Å². The largest absolute Gasteiger partial charge is 0.458 e. The number of nitriles is 1. The maximum absolute atomic E-state index is 8.90. The minimum Gasteiger partial charge on any atom is -0.458 e. The van der Waals surface area contributed by atoms with Crippen LogP contribution in [0, 0.1) is 23.5 Å². The fourth-order valence-electron chi connectivity index (χ4n) is 5.92. The number of furan rings is 1. The van der Waals surface area contributed by atoms with Crippen molar-refractivity contribution in [2.45, 2.75) is 38.0 Å². The normalized spacial score (nSPS) is 13.2. The summed E-state index contributed by atoms with van der Waals surface area (Å²) in [6, 6.07) is 32.7. The van der Waals surface area contributed by atoms with Gasteiger partial charge in [0.25, 0.3) is 0 Å². The van der Waals surface area contributed by atoms with Gasteiger partial charge in [-0.25, -0.2) is 4.98 Å². The van der Waals surface area contributed by atoms with E-state index in [-0.39, 0.29) is 20.1 Å². The minimum atomic E-state index is 0. The molecule has 3 aromatic carbocycles. The third-order valence-corrected chi connectivity index (χ3v) is 8.29. The Kier molecular flexibility index (Phi) is 9.02. The molecule has 4 heterocycles. The number of pyridine rings is 1. The third-order valence-electron chi connectivity index (χ3n) is 8.29. The van der Waals surface area contributed by atoms with Crippen molar-refractivity contribution in [3.8, 4) is 34.3 Å². The van der Waals surface area contributed by atoms with Crippen molar-refractivity contribution in [1.82, 2.24) is 24.3 Å². The average Bonchev–Trinajstić information content (AvgIpc) is 3.84. The van der Waals surface area contributed by atoms with E-state index in [1.54, 1.807) is 12.3 Å². The number of hydrogen-bond acceptors (Lipinski definition) is 5. The Balaban J connectivity index is 0.000000156. The van der Waals surface area contributed by atoms with Gasteiger partial charge in [0.2, 0.25) is 5.71 Å². The van der Waals surface area contributed by atoms with Gasteiger partial charge < -0.3 is 8.98 Å². The fraction of sp³-hybridized carbons (Fsp3) is 0.189. The van der Waals surface area contributed by atoms with Gasteiger partial charge in [-0.15, -0.1) is 23.8 Å². The van der Waals surface area contributed by atoms with E-state index in [0.29, 0.717) is 17.0 Å². The number of hydrogen-bond donors (Lipinski definition) is 0. The number of imidazole rings is 1. The van der Waals surface area contributed by atoms with Crippen molar-refractivity contribution in [3.05, 3.63) is 121 Å². The van der Waals surface area contributed by atoms with Crippen LogP contribution < -0.4 is 0 Å². The van der Waals surface area contributed by atoms with Gasteiger partial charge in [-0.3, -0.25) is 9.67 Å². The number of nitrogens with zero attached hydrogens (tertiary/aromatic N) is 6. The Morgan fingerprint density at radius 3 is 2.53 bits per heavy atom. The fourth-order valence-corrected chi connectivity index (χ4v) is 5.92. The molecular formula is C37H30IrN6O-2. The van der Waals surface area contributed by atoms with Crippen LogP contribution in [0.15, 0.2) is 102 Å². The molecular weight excluding hydrogens is 737 g/mol. The second-order valence-corrected chi connectivity index (χ2v) is 11.1. The molecule has 0 aliphatic heterocycles. The molecule has 1 fully saturated rings. The number of aromatic nitrogens is 5. The minimum absolute atomic E-state index is 0. The van der Waals surface area contributed by atoms with Crippen LogP contribution in [0.3, 0.4) is 0 Å². The molecule has 0 N–H and O–H groups in total. The van der Waals surface area contributed by atoms with E-state index in [4.69, 9.17) is 9.68 Å². The van der Waals surface area contributed by atoms with Crippen molar-refractivity contribution in [2.24, 2.45) is 7.05 Å². The van der Waals surface area contributed by atoms with Crippen molar-refractivity contribution in [1.29, 1.82) is 5.26 Å². The Hall–Kier alpha value is -4.83. The van der Waals surface area contributed by atoms with Gasteiger partial charge in [0.05, 0.1) is 17.6 Å². The van der Waals surface area contributed by atoms with Gasteiger partial charge in [-0.05, 0) is 41.6 Å². The second-order valence-electron chi connectivity index (χ2n) is 11.1. The zero-order chi connectivity index (χ0) is 29.9. The van der Waals surface area contributed by atoms with Crippen molar-refractivity contribution >= 4 is 22.1 Å². The summed E-state index contributed by atoms with van der Waals surface area (Å²) in [4.78, 5) is 8.48. The summed E-state index contributed by atoms with van der Waals surface area (Å²) < 4.78 is 9.56. The summed E-state index contributed by atoms with van der Waals surface area (Å²) in [5, 5.41) is 15.2. The molecule has 0 bridgehead atoms. The average molecular weight is 767 g/mol. The number of benzene rings is 3. The second kappa shape index (κ2) is 13.4. The molecule has 225 valence electrons. The Morgan fingerprint density at radius 2 is 1.80 bits per heavy atom.